The molecule has 1 fully saturated rings. The minimum Gasteiger partial charge on any atom is -0.396 e. The van der Waals surface area contributed by atoms with Crippen molar-refractivity contribution in [2.45, 2.75) is 39.2 Å². The first-order chi connectivity index (χ1) is 9.60. The fourth-order valence-electron chi connectivity index (χ4n) is 2.36. The van der Waals surface area contributed by atoms with E-state index in [9.17, 15) is 9.90 Å². The standard InChI is InChI=1S/C14H23N3O3/c1-10(2)13-6-12(20-16-13)7-15-14(19)17-5-3-4-11(8-17)9-18/h6,10-11,18H,3-5,7-9H2,1-2H3,(H,15,19). The van der Waals surface area contributed by atoms with Crippen LogP contribution in [-0.2, 0) is 6.54 Å². The zero-order valence-corrected chi connectivity index (χ0v) is 12.1. The second-order valence-electron chi connectivity index (χ2n) is 5.67. The van der Waals surface area contributed by atoms with E-state index in [-0.39, 0.29) is 18.6 Å². The van der Waals surface area contributed by atoms with Crippen molar-refractivity contribution in [3.63, 3.8) is 0 Å². The summed E-state index contributed by atoms with van der Waals surface area (Å²) in [6, 6.07) is 1.77. The van der Waals surface area contributed by atoms with E-state index in [2.05, 4.69) is 10.5 Å². The van der Waals surface area contributed by atoms with Crippen LogP contribution in [0.1, 0.15) is 44.1 Å². The molecule has 6 nitrogen and oxygen atoms in total. The number of likely N-dealkylation sites (tertiary alicyclic amines) is 1. The maximum atomic E-state index is 12.0. The van der Waals surface area contributed by atoms with Crippen molar-refractivity contribution in [2.75, 3.05) is 19.7 Å². The molecule has 0 aliphatic carbocycles. The first-order valence-corrected chi connectivity index (χ1v) is 7.19. The molecule has 6 heteroatoms. The lowest BCUT2D eigenvalue weighted by molar-refractivity contribution is 0.129. The molecule has 1 aromatic rings. The molecule has 0 aromatic carbocycles. The summed E-state index contributed by atoms with van der Waals surface area (Å²) in [4.78, 5) is 13.8. The molecule has 1 saturated heterocycles. The van der Waals surface area contributed by atoms with Crippen molar-refractivity contribution < 1.29 is 14.4 Å². The third-order valence-electron chi connectivity index (χ3n) is 3.65. The molecule has 1 aliphatic heterocycles. The summed E-state index contributed by atoms with van der Waals surface area (Å²) in [5.74, 6) is 1.18. The average molecular weight is 281 g/mol. The van der Waals surface area contributed by atoms with E-state index >= 15 is 0 Å². The van der Waals surface area contributed by atoms with Gasteiger partial charge in [0.2, 0.25) is 0 Å². The summed E-state index contributed by atoms with van der Waals surface area (Å²) >= 11 is 0. The molecule has 0 spiro atoms. The minimum atomic E-state index is -0.106. The van der Waals surface area contributed by atoms with Gasteiger partial charge in [0.05, 0.1) is 12.2 Å². The fourth-order valence-corrected chi connectivity index (χ4v) is 2.36. The summed E-state index contributed by atoms with van der Waals surface area (Å²) in [6.45, 7) is 5.94. The summed E-state index contributed by atoms with van der Waals surface area (Å²) in [6.07, 6.45) is 1.93. The number of carbonyl (C=O) groups excluding carboxylic acids is 1. The van der Waals surface area contributed by atoms with E-state index in [0.29, 0.717) is 24.8 Å². The molecule has 1 atom stereocenters. The van der Waals surface area contributed by atoms with Crippen LogP contribution in [0.2, 0.25) is 0 Å². The van der Waals surface area contributed by atoms with E-state index in [1.807, 2.05) is 19.9 Å². The number of hydrogen-bond donors (Lipinski definition) is 2. The zero-order chi connectivity index (χ0) is 14.5. The van der Waals surface area contributed by atoms with E-state index in [0.717, 1.165) is 25.1 Å². The quantitative estimate of drug-likeness (QED) is 0.880. The fraction of sp³-hybridized carbons (Fsp3) is 0.714. The maximum absolute atomic E-state index is 12.0. The van der Waals surface area contributed by atoms with Crippen molar-refractivity contribution in [2.24, 2.45) is 5.92 Å². The summed E-state index contributed by atoms with van der Waals surface area (Å²) < 4.78 is 5.18. The summed E-state index contributed by atoms with van der Waals surface area (Å²) in [5.41, 5.74) is 0.896. The largest absolute Gasteiger partial charge is 0.396 e. The Labute approximate surface area is 119 Å². The average Bonchev–Trinajstić information content (AvgIpc) is 2.94. The predicted octanol–water partition coefficient (Wildman–Crippen LogP) is 1.71. The van der Waals surface area contributed by atoms with Crippen molar-refractivity contribution >= 4 is 6.03 Å². The van der Waals surface area contributed by atoms with Gasteiger partial charge >= 0.3 is 6.03 Å². The molecule has 2 N–H and O–H groups in total. The predicted molar refractivity (Wildman–Crippen MR) is 74.2 cm³/mol. The summed E-state index contributed by atoms with van der Waals surface area (Å²) in [5, 5.41) is 16.0. The van der Waals surface area contributed by atoms with E-state index in [4.69, 9.17) is 4.52 Å². The van der Waals surface area contributed by atoms with Gasteiger partial charge in [0.15, 0.2) is 5.76 Å². The smallest absolute Gasteiger partial charge is 0.317 e. The second kappa shape index (κ2) is 6.74. The van der Waals surface area contributed by atoms with Crippen molar-refractivity contribution in [3.05, 3.63) is 17.5 Å². The molecule has 20 heavy (non-hydrogen) atoms. The number of nitrogens with one attached hydrogen (secondary N) is 1. The van der Waals surface area contributed by atoms with Gasteiger partial charge in [-0.05, 0) is 24.7 Å². The number of rotatable bonds is 4. The first kappa shape index (κ1) is 14.8. The maximum Gasteiger partial charge on any atom is 0.317 e. The van der Waals surface area contributed by atoms with Gasteiger partial charge in [0, 0.05) is 25.8 Å². The molecule has 2 amide bonds. The van der Waals surface area contributed by atoms with Gasteiger partial charge in [-0.2, -0.15) is 0 Å². The molecule has 1 aromatic heterocycles. The van der Waals surface area contributed by atoms with Crippen LogP contribution in [0, 0.1) is 5.92 Å². The van der Waals surface area contributed by atoms with Crippen LogP contribution >= 0.6 is 0 Å². The Balaban J connectivity index is 1.82. The highest BCUT2D eigenvalue weighted by atomic mass is 16.5. The third-order valence-corrected chi connectivity index (χ3v) is 3.65. The lowest BCUT2D eigenvalue weighted by atomic mass is 9.99. The Morgan fingerprint density at radius 1 is 1.65 bits per heavy atom. The number of aromatic nitrogens is 1. The number of nitrogens with zero attached hydrogens (tertiary/aromatic N) is 2. The lowest BCUT2D eigenvalue weighted by Gasteiger charge is -2.31. The Morgan fingerprint density at radius 3 is 3.10 bits per heavy atom. The molecule has 0 radical (unpaired) electrons. The van der Waals surface area contributed by atoms with Crippen molar-refractivity contribution in [1.82, 2.24) is 15.4 Å². The number of carbonyl (C=O) groups is 1. The highest BCUT2D eigenvalue weighted by molar-refractivity contribution is 5.74. The molecule has 112 valence electrons. The lowest BCUT2D eigenvalue weighted by Crippen LogP contribution is -2.45. The molecule has 1 aliphatic rings. The highest BCUT2D eigenvalue weighted by Gasteiger charge is 2.23. The second-order valence-corrected chi connectivity index (χ2v) is 5.67. The van der Waals surface area contributed by atoms with E-state index in [1.54, 1.807) is 4.90 Å². The van der Waals surface area contributed by atoms with Gasteiger partial charge in [-0.15, -0.1) is 0 Å². The summed E-state index contributed by atoms with van der Waals surface area (Å²) in [7, 11) is 0. The number of aliphatic hydroxyl groups excluding tert-OH is 1. The van der Waals surface area contributed by atoms with Crippen molar-refractivity contribution in [3.8, 4) is 0 Å². The number of aliphatic hydroxyl groups is 1. The SMILES string of the molecule is CC(C)c1cc(CNC(=O)N2CCCC(CO)C2)on1. The molecule has 0 saturated carbocycles. The van der Waals surface area contributed by atoms with Crippen LogP contribution in [0.4, 0.5) is 4.79 Å². The number of piperidine rings is 1. The molecule has 2 heterocycles. The van der Waals surface area contributed by atoms with Crippen LogP contribution in [0.3, 0.4) is 0 Å². The molecule has 0 bridgehead atoms. The van der Waals surface area contributed by atoms with Gasteiger partial charge in [0.25, 0.3) is 0 Å². The van der Waals surface area contributed by atoms with Crippen LogP contribution in [-0.4, -0.2) is 40.9 Å². The monoisotopic (exact) mass is 281 g/mol. The molecular weight excluding hydrogens is 258 g/mol. The van der Waals surface area contributed by atoms with Crippen molar-refractivity contribution in [1.29, 1.82) is 0 Å². The molecular formula is C14H23N3O3. The van der Waals surface area contributed by atoms with Crippen LogP contribution in [0.25, 0.3) is 0 Å². The Hall–Kier alpha value is -1.56. The highest BCUT2D eigenvalue weighted by Crippen LogP contribution is 2.16. The minimum absolute atomic E-state index is 0.106. The van der Waals surface area contributed by atoms with Crippen LogP contribution in [0.15, 0.2) is 10.6 Å². The van der Waals surface area contributed by atoms with Gasteiger partial charge in [0.1, 0.15) is 0 Å². The topological polar surface area (TPSA) is 78.6 Å². The molecule has 2 rings (SSSR count). The van der Waals surface area contributed by atoms with E-state index in [1.165, 1.54) is 0 Å². The normalized spacial score (nSPS) is 19.4. The van der Waals surface area contributed by atoms with Gasteiger partial charge in [-0.25, -0.2) is 4.79 Å². The molecule has 1 unspecified atom stereocenters. The number of urea groups is 1. The Morgan fingerprint density at radius 2 is 2.45 bits per heavy atom. The Kier molecular flexibility index (Phi) is 5.00. The van der Waals surface area contributed by atoms with Crippen LogP contribution in [0.5, 0.6) is 0 Å². The van der Waals surface area contributed by atoms with Gasteiger partial charge in [-0.1, -0.05) is 19.0 Å². The van der Waals surface area contributed by atoms with Gasteiger partial charge in [-0.3, -0.25) is 0 Å². The van der Waals surface area contributed by atoms with E-state index < -0.39 is 0 Å². The van der Waals surface area contributed by atoms with Gasteiger partial charge < -0.3 is 19.8 Å². The number of amides is 2. The Bertz CT molecular complexity index is 445. The number of hydrogen-bond acceptors (Lipinski definition) is 4. The van der Waals surface area contributed by atoms with Crippen LogP contribution < -0.4 is 5.32 Å². The first-order valence-electron chi connectivity index (χ1n) is 7.19. The zero-order valence-electron chi connectivity index (χ0n) is 12.1. The third kappa shape index (κ3) is 3.72.